The van der Waals surface area contributed by atoms with Crippen LogP contribution in [0.25, 0.3) is 0 Å². The van der Waals surface area contributed by atoms with Crippen molar-refractivity contribution < 1.29 is 9.66 Å². The third kappa shape index (κ3) is 10.1. The first-order valence-electron chi connectivity index (χ1n) is 9.75. The minimum absolute atomic E-state index is 0.0116. The van der Waals surface area contributed by atoms with Crippen molar-refractivity contribution >= 4 is 17.3 Å². The van der Waals surface area contributed by atoms with Crippen LogP contribution in [0.4, 0.5) is 5.69 Å². The number of rotatable bonds is 14. The molecule has 0 aliphatic rings. The van der Waals surface area contributed by atoms with Gasteiger partial charge in [0, 0.05) is 6.61 Å². The van der Waals surface area contributed by atoms with E-state index in [4.69, 9.17) is 16.3 Å². The van der Waals surface area contributed by atoms with Crippen LogP contribution in [0.3, 0.4) is 0 Å². The fraction of sp³-hybridized carbons (Fsp3) is 0.842. The zero-order valence-corrected chi connectivity index (χ0v) is 17.3. The van der Waals surface area contributed by atoms with Crippen molar-refractivity contribution in [2.45, 2.75) is 91.7 Å². The lowest BCUT2D eigenvalue weighted by Gasteiger charge is -2.17. The van der Waals surface area contributed by atoms with E-state index < -0.39 is 4.92 Å². The van der Waals surface area contributed by atoms with Gasteiger partial charge >= 0.3 is 5.69 Å². The molecule has 0 amide bonds. The van der Waals surface area contributed by atoms with Crippen LogP contribution >= 0.6 is 11.6 Å². The summed E-state index contributed by atoms with van der Waals surface area (Å²) < 4.78 is 6.79. The molecule has 26 heavy (non-hydrogen) atoms. The number of ether oxygens (including phenoxy) is 1. The summed E-state index contributed by atoms with van der Waals surface area (Å²) in [6.07, 6.45) is 13.9. The Morgan fingerprint density at radius 2 is 1.62 bits per heavy atom. The van der Waals surface area contributed by atoms with Gasteiger partial charge in [0.2, 0.25) is 5.15 Å². The van der Waals surface area contributed by atoms with E-state index in [1.165, 1.54) is 56.0 Å². The number of hydrogen-bond acceptors (Lipinski definition) is 4. The summed E-state index contributed by atoms with van der Waals surface area (Å²) in [4.78, 5) is 10.1. The lowest BCUT2D eigenvalue weighted by Crippen LogP contribution is -2.05. The Bertz CT molecular complexity index is 527. The first-order valence-corrected chi connectivity index (χ1v) is 10.1. The molecule has 0 fully saturated rings. The van der Waals surface area contributed by atoms with Crippen molar-refractivity contribution in [3.8, 4) is 0 Å². The third-order valence-electron chi connectivity index (χ3n) is 4.38. The van der Waals surface area contributed by atoms with E-state index in [1.54, 1.807) is 0 Å². The van der Waals surface area contributed by atoms with Crippen LogP contribution in [0.1, 0.15) is 85.0 Å². The summed E-state index contributed by atoms with van der Waals surface area (Å²) in [5.41, 5.74) is 0.285. The maximum absolute atomic E-state index is 10.7. The molecule has 0 atom stereocenters. The van der Waals surface area contributed by atoms with E-state index in [0.717, 1.165) is 19.0 Å². The van der Waals surface area contributed by atoms with Gasteiger partial charge in [0.1, 0.15) is 12.9 Å². The summed E-state index contributed by atoms with van der Waals surface area (Å²) in [5, 5.41) is 14.5. The predicted octanol–water partition coefficient (Wildman–Crippen LogP) is 6.37. The second-order valence-electron chi connectivity index (χ2n) is 8.11. The Kier molecular flexibility index (Phi) is 10.8. The minimum atomic E-state index is -0.545. The standard InChI is InChI=1S/C19H34ClN3O3/c1-19(2,3)13-11-9-7-5-4-6-8-10-12-14-26-16-22-18(20)17(15-21-22)23(24)25/h15H,4-14,16H2,1-3H3. The van der Waals surface area contributed by atoms with Crippen LogP contribution in [0, 0.1) is 15.5 Å². The fourth-order valence-corrected chi connectivity index (χ4v) is 3.03. The van der Waals surface area contributed by atoms with Gasteiger partial charge in [0.15, 0.2) is 0 Å². The van der Waals surface area contributed by atoms with Crippen molar-refractivity contribution in [2.75, 3.05) is 6.61 Å². The number of nitro groups is 1. The summed E-state index contributed by atoms with van der Waals surface area (Å²) in [7, 11) is 0. The Hall–Kier alpha value is -1.14. The number of hydrogen-bond donors (Lipinski definition) is 0. The van der Waals surface area contributed by atoms with Crippen molar-refractivity contribution in [1.29, 1.82) is 0 Å². The first kappa shape index (κ1) is 22.9. The highest BCUT2D eigenvalue weighted by molar-refractivity contribution is 6.31. The van der Waals surface area contributed by atoms with Crippen LogP contribution < -0.4 is 0 Å². The largest absolute Gasteiger partial charge is 0.359 e. The molecule has 0 N–H and O–H groups in total. The molecule has 0 saturated carbocycles. The normalized spacial score (nSPS) is 11.8. The zero-order chi connectivity index (χ0) is 19.4. The number of unbranched alkanes of at least 4 members (excludes halogenated alkanes) is 8. The highest BCUT2D eigenvalue weighted by Gasteiger charge is 2.18. The Balaban J connectivity index is 1.90. The monoisotopic (exact) mass is 387 g/mol. The maximum Gasteiger partial charge on any atom is 0.325 e. The van der Waals surface area contributed by atoms with Gasteiger partial charge in [-0.15, -0.1) is 0 Å². The molecule has 0 saturated heterocycles. The van der Waals surface area contributed by atoms with Gasteiger partial charge < -0.3 is 4.74 Å². The van der Waals surface area contributed by atoms with Crippen molar-refractivity contribution in [1.82, 2.24) is 9.78 Å². The van der Waals surface area contributed by atoms with Gasteiger partial charge in [-0.1, -0.05) is 83.7 Å². The average molecular weight is 388 g/mol. The van der Waals surface area contributed by atoms with Gasteiger partial charge in [-0.25, -0.2) is 4.68 Å². The molecule has 1 aromatic rings. The van der Waals surface area contributed by atoms with E-state index >= 15 is 0 Å². The minimum Gasteiger partial charge on any atom is -0.359 e. The molecule has 0 spiro atoms. The van der Waals surface area contributed by atoms with E-state index in [2.05, 4.69) is 25.9 Å². The highest BCUT2D eigenvalue weighted by Crippen LogP contribution is 2.23. The maximum atomic E-state index is 10.7. The SMILES string of the molecule is CC(C)(C)CCCCCCCCCCCOCn1ncc([N+](=O)[O-])c1Cl. The second kappa shape index (κ2) is 12.3. The zero-order valence-electron chi connectivity index (χ0n) is 16.5. The highest BCUT2D eigenvalue weighted by atomic mass is 35.5. The number of aromatic nitrogens is 2. The van der Waals surface area contributed by atoms with Crippen molar-refractivity contribution in [3.05, 3.63) is 21.5 Å². The number of nitrogens with zero attached hydrogens (tertiary/aromatic N) is 3. The van der Waals surface area contributed by atoms with Crippen LogP contribution in [0.5, 0.6) is 0 Å². The molecule has 0 bridgehead atoms. The second-order valence-corrected chi connectivity index (χ2v) is 8.47. The van der Waals surface area contributed by atoms with Gasteiger partial charge in [-0.3, -0.25) is 10.1 Å². The molecule has 0 radical (unpaired) electrons. The predicted molar refractivity (Wildman–Crippen MR) is 105 cm³/mol. The van der Waals surface area contributed by atoms with Gasteiger partial charge in [0.25, 0.3) is 0 Å². The quantitative estimate of drug-likeness (QED) is 0.211. The molecule has 1 rings (SSSR count). The topological polar surface area (TPSA) is 70.2 Å². The van der Waals surface area contributed by atoms with E-state index in [-0.39, 0.29) is 17.6 Å². The van der Waals surface area contributed by atoms with Crippen LogP contribution in [-0.4, -0.2) is 21.3 Å². The average Bonchev–Trinajstić information content (AvgIpc) is 2.92. The van der Waals surface area contributed by atoms with E-state index in [0.29, 0.717) is 12.0 Å². The summed E-state index contributed by atoms with van der Waals surface area (Å²) in [6, 6.07) is 0. The summed E-state index contributed by atoms with van der Waals surface area (Å²) in [6.45, 7) is 7.70. The smallest absolute Gasteiger partial charge is 0.325 e. The van der Waals surface area contributed by atoms with Crippen molar-refractivity contribution in [2.24, 2.45) is 5.41 Å². The molecule has 7 heteroatoms. The van der Waals surface area contributed by atoms with Gasteiger partial charge in [-0.2, -0.15) is 5.10 Å². The summed E-state index contributed by atoms with van der Waals surface area (Å²) >= 11 is 5.86. The molecule has 6 nitrogen and oxygen atoms in total. The molecule has 0 aliphatic carbocycles. The Morgan fingerprint density at radius 3 is 2.12 bits per heavy atom. The molecular weight excluding hydrogens is 354 g/mol. The van der Waals surface area contributed by atoms with Crippen LogP contribution in [0.15, 0.2) is 6.20 Å². The Morgan fingerprint density at radius 1 is 1.08 bits per heavy atom. The van der Waals surface area contributed by atoms with Crippen LogP contribution in [0.2, 0.25) is 5.15 Å². The van der Waals surface area contributed by atoms with Crippen molar-refractivity contribution in [3.63, 3.8) is 0 Å². The first-order chi connectivity index (χ1) is 12.3. The molecule has 1 heterocycles. The number of halogens is 1. The third-order valence-corrected chi connectivity index (χ3v) is 4.77. The molecule has 0 aromatic carbocycles. The molecule has 1 aromatic heterocycles. The molecule has 0 unspecified atom stereocenters. The van der Waals surface area contributed by atoms with Gasteiger partial charge in [-0.05, 0) is 18.3 Å². The van der Waals surface area contributed by atoms with Crippen LogP contribution in [-0.2, 0) is 11.5 Å². The Labute approximate surface area is 162 Å². The summed E-state index contributed by atoms with van der Waals surface area (Å²) in [5.74, 6) is 0. The molecule has 0 aliphatic heterocycles. The lowest BCUT2D eigenvalue weighted by molar-refractivity contribution is -0.384. The van der Waals surface area contributed by atoms with Gasteiger partial charge in [0.05, 0.1) is 4.92 Å². The van der Waals surface area contributed by atoms with E-state index in [1.807, 2.05) is 0 Å². The molecular formula is C19H34ClN3O3. The lowest BCUT2D eigenvalue weighted by atomic mass is 9.89. The fourth-order valence-electron chi connectivity index (χ4n) is 2.82. The molecule has 150 valence electrons. The van der Waals surface area contributed by atoms with E-state index in [9.17, 15) is 10.1 Å².